The van der Waals surface area contributed by atoms with Gasteiger partial charge in [0, 0.05) is 12.7 Å². The molecular weight excluding hydrogens is 390 g/mol. The molecular formula is C18H25NO4S3. The molecule has 0 heterocycles. The summed E-state index contributed by atoms with van der Waals surface area (Å²) in [7, 11) is 0. The molecule has 1 amide bonds. The van der Waals surface area contributed by atoms with E-state index in [4.69, 9.17) is 0 Å². The molecule has 8 heteroatoms. The number of carbonyl (C=O) groups excluding carboxylic acids is 2. The summed E-state index contributed by atoms with van der Waals surface area (Å²) >= 11 is 4.22. The van der Waals surface area contributed by atoms with Crippen LogP contribution in [0, 0.1) is 5.92 Å². The fourth-order valence-corrected chi connectivity index (χ4v) is 4.58. The van der Waals surface area contributed by atoms with Crippen LogP contribution in [0.25, 0.3) is 0 Å². The Hall–Kier alpha value is -1.12. The summed E-state index contributed by atoms with van der Waals surface area (Å²) in [6, 6.07) is 8.59. The summed E-state index contributed by atoms with van der Waals surface area (Å²) in [5.41, 5.74) is 0.981. The average Bonchev–Trinajstić information content (AvgIpc) is 2.62. The zero-order valence-corrected chi connectivity index (χ0v) is 17.6. The second-order valence-corrected chi connectivity index (χ2v) is 9.30. The quantitative estimate of drug-likeness (QED) is 0.537. The van der Waals surface area contributed by atoms with Gasteiger partial charge in [-0.05, 0) is 30.9 Å². The van der Waals surface area contributed by atoms with Crippen LogP contribution in [0.15, 0.2) is 30.3 Å². The number of amides is 1. The Balaban J connectivity index is 2.83. The minimum atomic E-state index is -1.04. The van der Waals surface area contributed by atoms with Crippen molar-refractivity contribution in [3.8, 4) is 0 Å². The minimum Gasteiger partial charge on any atom is -0.480 e. The third kappa shape index (κ3) is 8.51. The van der Waals surface area contributed by atoms with E-state index in [0.717, 1.165) is 17.3 Å². The molecule has 1 rings (SSSR count). The molecule has 0 aliphatic carbocycles. The molecule has 26 heavy (non-hydrogen) atoms. The molecule has 0 aliphatic heterocycles. The largest absolute Gasteiger partial charge is 0.480 e. The van der Waals surface area contributed by atoms with Crippen molar-refractivity contribution in [1.82, 2.24) is 5.32 Å². The van der Waals surface area contributed by atoms with Crippen LogP contribution in [0.2, 0.25) is 0 Å². The molecule has 1 unspecified atom stereocenters. The number of thioether (sulfide) groups is 3. The van der Waals surface area contributed by atoms with E-state index in [9.17, 15) is 19.5 Å². The monoisotopic (exact) mass is 415 g/mol. The predicted molar refractivity (Wildman–Crippen MR) is 112 cm³/mol. The first-order chi connectivity index (χ1) is 12.4. The summed E-state index contributed by atoms with van der Waals surface area (Å²) in [6.07, 6.45) is 4.66. The molecule has 0 aromatic heterocycles. The van der Waals surface area contributed by atoms with Gasteiger partial charge in [0.05, 0.1) is 10.5 Å². The van der Waals surface area contributed by atoms with Crippen molar-refractivity contribution < 1.29 is 19.5 Å². The van der Waals surface area contributed by atoms with E-state index in [1.165, 1.54) is 6.92 Å². The van der Waals surface area contributed by atoms with Crippen molar-refractivity contribution in [3.05, 3.63) is 35.9 Å². The van der Waals surface area contributed by atoms with Gasteiger partial charge < -0.3 is 10.4 Å². The van der Waals surface area contributed by atoms with Gasteiger partial charge in [-0.1, -0.05) is 42.1 Å². The molecule has 0 aliphatic rings. The van der Waals surface area contributed by atoms with E-state index in [2.05, 4.69) is 5.32 Å². The van der Waals surface area contributed by atoms with E-state index in [0.29, 0.717) is 18.6 Å². The molecule has 1 aromatic carbocycles. The first-order valence-electron chi connectivity index (χ1n) is 8.13. The number of nitrogens with one attached hydrogen (secondary N) is 1. The molecule has 0 radical (unpaired) electrons. The number of benzene rings is 1. The number of carbonyl (C=O) groups is 3. The van der Waals surface area contributed by atoms with Crippen LogP contribution >= 0.6 is 35.3 Å². The Kier molecular flexibility index (Phi) is 10.8. The van der Waals surface area contributed by atoms with Crippen molar-refractivity contribution in [2.75, 3.05) is 18.3 Å². The van der Waals surface area contributed by atoms with Crippen LogP contribution in [-0.2, 0) is 20.8 Å². The molecule has 0 bridgehead atoms. The van der Waals surface area contributed by atoms with Gasteiger partial charge >= 0.3 is 5.97 Å². The summed E-state index contributed by atoms with van der Waals surface area (Å²) in [6.45, 7) is 1.46. The second kappa shape index (κ2) is 12.3. The highest BCUT2D eigenvalue weighted by Crippen LogP contribution is 2.24. The van der Waals surface area contributed by atoms with Gasteiger partial charge in [-0.2, -0.15) is 23.5 Å². The zero-order valence-electron chi connectivity index (χ0n) is 15.1. The van der Waals surface area contributed by atoms with Crippen molar-refractivity contribution >= 4 is 52.3 Å². The lowest BCUT2D eigenvalue weighted by Crippen LogP contribution is -2.45. The molecule has 1 aromatic rings. The van der Waals surface area contributed by atoms with E-state index in [-0.39, 0.29) is 15.6 Å². The van der Waals surface area contributed by atoms with Crippen LogP contribution < -0.4 is 5.32 Å². The molecule has 0 spiro atoms. The number of hydrogen-bond donors (Lipinski definition) is 2. The normalized spacial score (nSPS) is 13.2. The first-order valence-corrected chi connectivity index (χ1v) is 11.7. The molecule has 2 N–H and O–H groups in total. The smallest absolute Gasteiger partial charge is 0.326 e. The molecule has 5 nitrogen and oxygen atoms in total. The maximum atomic E-state index is 12.7. The summed E-state index contributed by atoms with van der Waals surface area (Å²) < 4.78 is 0.0931. The fourth-order valence-electron chi connectivity index (χ4n) is 2.34. The van der Waals surface area contributed by atoms with Gasteiger partial charge in [0.15, 0.2) is 5.12 Å². The number of rotatable bonds is 11. The number of aliphatic carboxylic acids is 1. The summed E-state index contributed by atoms with van der Waals surface area (Å²) in [4.78, 5) is 35.6. The Labute approximate surface area is 167 Å². The maximum Gasteiger partial charge on any atom is 0.326 e. The number of hydrogen-bond acceptors (Lipinski definition) is 6. The lowest BCUT2D eigenvalue weighted by molar-refractivity contribution is -0.142. The highest BCUT2D eigenvalue weighted by molar-refractivity contribution is 8.16. The molecule has 0 saturated heterocycles. The van der Waals surface area contributed by atoms with E-state index in [1.54, 1.807) is 23.5 Å². The van der Waals surface area contributed by atoms with Crippen LogP contribution in [0.3, 0.4) is 0 Å². The standard InChI is InChI=1S/C18H25NO4S3/c1-12(20)26-11-14(9-13-7-5-4-6-8-13)17(21)19-15(18(22)23)10-16(24-2)25-3/h4-8,14-16H,9-11H2,1-3H3,(H,19,21)(H,22,23)/t14?,15-/m0/s1. The Morgan fingerprint density at radius 2 is 1.73 bits per heavy atom. The zero-order chi connectivity index (χ0) is 19.5. The number of carboxylic acid groups (broad SMARTS) is 1. The summed E-state index contributed by atoms with van der Waals surface area (Å²) in [5, 5.41) is 12.1. The third-order valence-corrected chi connectivity index (χ3v) is 7.32. The Morgan fingerprint density at radius 1 is 1.12 bits per heavy atom. The van der Waals surface area contributed by atoms with Gasteiger partial charge in [-0.15, -0.1) is 0 Å². The molecule has 0 fully saturated rings. The first kappa shape index (κ1) is 22.9. The Morgan fingerprint density at radius 3 is 2.23 bits per heavy atom. The van der Waals surface area contributed by atoms with Crippen LogP contribution in [0.4, 0.5) is 0 Å². The van der Waals surface area contributed by atoms with E-state index < -0.39 is 17.9 Å². The maximum absolute atomic E-state index is 12.7. The van der Waals surface area contributed by atoms with Gasteiger partial charge in [-0.25, -0.2) is 4.79 Å². The summed E-state index contributed by atoms with van der Waals surface area (Å²) in [5.74, 6) is -1.49. The SMILES string of the molecule is CSC(C[C@H](NC(=O)C(CSC(C)=O)Cc1ccccc1)C(=O)O)SC. The van der Waals surface area contributed by atoms with Gasteiger partial charge in [0.25, 0.3) is 0 Å². The van der Waals surface area contributed by atoms with Gasteiger partial charge in [0.1, 0.15) is 6.04 Å². The highest BCUT2D eigenvalue weighted by Gasteiger charge is 2.28. The van der Waals surface area contributed by atoms with Gasteiger partial charge in [-0.3, -0.25) is 9.59 Å². The van der Waals surface area contributed by atoms with Crippen molar-refractivity contribution in [1.29, 1.82) is 0 Å². The van der Waals surface area contributed by atoms with E-state index in [1.807, 2.05) is 42.8 Å². The van der Waals surface area contributed by atoms with E-state index >= 15 is 0 Å². The van der Waals surface area contributed by atoms with Crippen LogP contribution in [-0.4, -0.2) is 51.0 Å². The minimum absolute atomic E-state index is 0.0597. The molecule has 144 valence electrons. The fraction of sp³-hybridized carbons (Fsp3) is 0.500. The highest BCUT2D eigenvalue weighted by atomic mass is 32.2. The van der Waals surface area contributed by atoms with Crippen molar-refractivity contribution in [2.45, 2.75) is 30.4 Å². The van der Waals surface area contributed by atoms with Crippen molar-refractivity contribution in [3.63, 3.8) is 0 Å². The number of carboxylic acids is 1. The second-order valence-electron chi connectivity index (χ2n) is 5.73. The molecule has 0 saturated carbocycles. The molecule has 2 atom stereocenters. The third-order valence-electron chi connectivity index (χ3n) is 3.75. The predicted octanol–water partition coefficient (Wildman–Crippen LogP) is 3.14. The van der Waals surface area contributed by atoms with Gasteiger partial charge in [0.2, 0.25) is 5.91 Å². The average molecular weight is 416 g/mol. The van der Waals surface area contributed by atoms with Crippen LogP contribution in [0.5, 0.6) is 0 Å². The Bertz CT molecular complexity index is 593. The lowest BCUT2D eigenvalue weighted by Gasteiger charge is -2.22. The van der Waals surface area contributed by atoms with Crippen molar-refractivity contribution in [2.24, 2.45) is 5.92 Å². The topological polar surface area (TPSA) is 83.5 Å². The van der Waals surface area contributed by atoms with Crippen LogP contribution in [0.1, 0.15) is 18.9 Å². The lowest BCUT2D eigenvalue weighted by atomic mass is 9.99.